The average Bonchev–Trinajstić information content (AvgIpc) is 3.30. The van der Waals surface area contributed by atoms with Crippen molar-refractivity contribution in [2.24, 2.45) is 0 Å². The minimum absolute atomic E-state index is 0.0742. The number of nitrogens with zero attached hydrogens (tertiary/aromatic N) is 4. The summed E-state index contributed by atoms with van der Waals surface area (Å²) in [5.41, 5.74) is 3.70. The molecule has 0 spiro atoms. The number of halogens is 1. The zero-order valence-electron chi connectivity index (χ0n) is 19.3. The van der Waals surface area contributed by atoms with E-state index in [0.29, 0.717) is 17.2 Å². The van der Waals surface area contributed by atoms with Crippen LogP contribution >= 0.6 is 0 Å². The van der Waals surface area contributed by atoms with Gasteiger partial charge in [-0.15, -0.1) is 0 Å². The van der Waals surface area contributed by atoms with Crippen molar-refractivity contribution in [3.05, 3.63) is 88.6 Å². The van der Waals surface area contributed by atoms with E-state index in [1.807, 2.05) is 31.2 Å². The summed E-state index contributed by atoms with van der Waals surface area (Å²) in [6, 6.07) is 13.2. The number of aromatic nitrogens is 3. The van der Waals surface area contributed by atoms with Crippen LogP contribution < -0.4 is 10.2 Å². The molecule has 1 aliphatic heterocycles. The first-order valence-electron chi connectivity index (χ1n) is 11.0. The highest BCUT2D eigenvalue weighted by molar-refractivity contribution is 5.93. The Bertz CT molecular complexity index is 1220. The Hall–Kier alpha value is -4.01. The van der Waals surface area contributed by atoms with Gasteiger partial charge in [0.25, 0.3) is 0 Å². The number of hydrogen-bond acceptors (Lipinski definition) is 6. The van der Waals surface area contributed by atoms with Crippen LogP contribution in [0.1, 0.15) is 36.6 Å². The van der Waals surface area contributed by atoms with E-state index in [2.05, 4.69) is 15.4 Å². The van der Waals surface area contributed by atoms with Crippen molar-refractivity contribution in [3.8, 4) is 0 Å². The Morgan fingerprint density at radius 1 is 1.09 bits per heavy atom. The van der Waals surface area contributed by atoms with Gasteiger partial charge in [0.05, 0.1) is 12.2 Å². The third-order valence-corrected chi connectivity index (χ3v) is 5.70. The minimum Gasteiger partial charge on any atom is -0.463 e. The quantitative estimate of drug-likeness (QED) is 0.541. The molecule has 0 bridgehead atoms. The van der Waals surface area contributed by atoms with Crippen molar-refractivity contribution >= 4 is 17.8 Å². The predicted molar refractivity (Wildman–Crippen MR) is 124 cm³/mol. The van der Waals surface area contributed by atoms with Gasteiger partial charge >= 0.3 is 5.97 Å². The number of carbonyl (C=O) groups excluding carboxylic acids is 2. The number of nitrogens with one attached hydrogen (secondary N) is 1. The molecule has 2 heterocycles. The van der Waals surface area contributed by atoms with E-state index in [9.17, 15) is 14.0 Å². The van der Waals surface area contributed by atoms with Gasteiger partial charge in [-0.25, -0.2) is 13.9 Å². The molecule has 4 rings (SSSR count). The molecule has 0 radical (unpaired) electrons. The first-order valence-corrected chi connectivity index (χ1v) is 11.0. The summed E-state index contributed by atoms with van der Waals surface area (Å²) >= 11 is 0. The van der Waals surface area contributed by atoms with E-state index in [0.717, 1.165) is 16.7 Å². The summed E-state index contributed by atoms with van der Waals surface area (Å²) in [5, 5.41) is 7.21. The Kier molecular flexibility index (Phi) is 6.72. The molecular formula is C25H26FN5O3. The van der Waals surface area contributed by atoms with Crippen LogP contribution in [0.2, 0.25) is 0 Å². The maximum absolute atomic E-state index is 13.1. The fourth-order valence-electron chi connectivity index (χ4n) is 3.95. The summed E-state index contributed by atoms with van der Waals surface area (Å²) < 4.78 is 20.1. The van der Waals surface area contributed by atoms with Crippen LogP contribution in [0.25, 0.3) is 0 Å². The van der Waals surface area contributed by atoms with Crippen LogP contribution in [0.3, 0.4) is 0 Å². The predicted octanol–water partition coefficient (Wildman–Crippen LogP) is 3.29. The van der Waals surface area contributed by atoms with Crippen molar-refractivity contribution in [2.45, 2.75) is 33.4 Å². The van der Waals surface area contributed by atoms with Gasteiger partial charge in [0.15, 0.2) is 0 Å². The van der Waals surface area contributed by atoms with Gasteiger partial charge in [-0.1, -0.05) is 42.0 Å². The summed E-state index contributed by atoms with van der Waals surface area (Å²) in [5.74, 6) is -0.634. The highest BCUT2D eigenvalue weighted by Gasteiger charge is 2.38. The largest absolute Gasteiger partial charge is 0.463 e. The van der Waals surface area contributed by atoms with Crippen LogP contribution in [-0.2, 0) is 20.9 Å². The van der Waals surface area contributed by atoms with E-state index in [1.165, 1.54) is 18.5 Å². The summed E-state index contributed by atoms with van der Waals surface area (Å²) in [6.07, 6.45) is 1.40. The van der Waals surface area contributed by atoms with Crippen molar-refractivity contribution < 1.29 is 18.7 Å². The molecule has 1 amide bonds. The fourth-order valence-corrected chi connectivity index (χ4v) is 3.95. The molecule has 1 N–H and O–H groups in total. The number of ether oxygens (including phenoxy) is 1. The molecule has 1 aromatic heterocycles. The van der Waals surface area contributed by atoms with Crippen molar-refractivity contribution in [2.75, 3.05) is 18.1 Å². The molecule has 0 saturated carbocycles. The third kappa shape index (κ3) is 4.68. The molecule has 34 heavy (non-hydrogen) atoms. The van der Waals surface area contributed by atoms with Gasteiger partial charge < -0.3 is 15.0 Å². The molecule has 1 atom stereocenters. The molecule has 0 aliphatic carbocycles. The first kappa shape index (κ1) is 23.2. The smallest absolute Gasteiger partial charge is 0.338 e. The number of hydrogen-bond donors (Lipinski definition) is 1. The maximum atomic E-state index is 13.1. The van der Waals surface area contributed by atoms with Crippen LogP contribution in [-0.4, -0.2) is 39.8 Å². The number of esters is 1. The number of benzene rings is 2. The van der Waals surface area contributed by atoms with Gasteiger partial charge in [-0.05, 0) is 44.0 Å². The van der Waals surface area contributed by atoms with Crippen molar-refractivity contribution in [3.63, 3.8) is 0 Å². The maximum Gasteiger partial charge on any atom is 0.338 e. The topological polar surface area (TPSA) is 89.3 Å². The fraction of sp³-hybridized carbons (Fsp3) is 0.280. The van der Waals surface area contributed by atoms with Crippen molar-refractivity contribution in [1.82, 2.24) is 20.1 Å². The number of anilines is 1. The second kappa shape index (κ2) is 9.86. The summed E-state index contributed by atoms with van der Waals surface area (Å²) in [6.45, 7) is 5.91. The lowest BCUT2D eigenvalue weighted by Crippen LogP contribution is -2.42. The monoisotopic (exact) mass is 463 g/mol. The van der Waals surface area contributed by atoms with Crippen LogP contribution in [0.15, 0.2) is 66.1 Å². The van der Waals surface area contributed by atoms with Gasteiger partial charge in [0, 0.05) is 12.2 Å². The Morgan fingerprint density at radius 2 is 1.79 bits per heavy atom. The van der Waals surface area contributed by atoms with Gasteiger partial charge in [0.2, 0.25) is 11.9 Å². The number of rotatable bonds is 7. The zero-order valence-corrected chi connectivity index (χ0v) is 19.3. The van der Waals surface area contributed by atoms with E-state index < -0.39 is 12.0 Å². The van der Waals surface area contributed by atoms with Crippen LogP contribution in [0.5, 0.6) is 0 Å². The molecule has 8 nitrogen and oxygen atoms in total. The van der Waals surface area contributed by atoms with E-state index in [-0.39, 0.29) is 31.4 Å². The SMILES string of the molecule is CCOC(=O)C1=C(C)N(CC(=O)NCc2ccc(F)cc2)c2ncnn2[C@H]1c1ccc(C)cc1. The van der Waals surface area contributed by atoms with Crippen molar-refractivity contribution in [1.29, 1.82) is 0 Å². The second-order valence-electron chi connectivity index (χ2n) is 8.03. The van der Waals surface area contributed by atoms with Gasteiger partial charge in [-0.2, -0.15) is 10.1 Å². The lowest BCUT2D eigenvalue weighted by Gasteiger charge is -2.35. The molecule has 0 saturated heterocycles. The highest BCUT2D eigenvalue weighted by Crippen LogP contribution is 2.38. The number of carbonyl (C=O) groups is 2. The molecular weight excluding hydrogens is 437 g/mol. The molecule has 0 fully saturated rings. The van der Waals surface area contributed by atoms with E-state index >= 15 is 0 Å². The second-order valence-corrected chi connectivity index (χ2v) is 8.03. The molecule has 2 aromatic carbocycles. The molecule has 1 aliphatic rings. The van der Waals surface area contributed by atoms with E-state index in [4.69, 9.17) is 4.74 Å². The Balaban J connectivity index is 1.65. The third-order valence-electron chi connectivity index (χ3n) is 5.70. The van der Waals surface area contributed by atoms with Gasteiger partial charge in [-0.3, -0.25) is 4.79 Å². The number of allylic oxidation sites excluding steroid dienone is 1. The number of fused-ring (bicyclic) bond motifs is 1. The molecule has 3 aromatic rings. The van der Waals surface area contributed by atoms with Gasteiger partial charge in [0.1, 0.15) is 24.7 Å². The lowest BCUT2D eigenvalue weighted by molar-refractivity contribution is -0.139. The average molecular weight is 464 g/mol. The Morgan fingerprint density at radius 3 is 2.47 bits per heavy atom. The van der Waals surface area contributed by atoms with Crippen LogP contribution in [0.4, 0.5) is 10.3 Å². The first-order chi connectivity index (χ1) is 16.4. The summed E-state index contributed by atoms with van der Waals surface area (Å²) in [4.78, 5) is 31.9. The number of aryl methyl sites for hydroxylation is 1. The Labute approximate surface area is 197 Å². The number of amides is 1. The lowest BCUT2D eigenvalue weighted by atomic mass is 9.94. The minimum atomic E-state index is -0.532. The normalized spacial score (nSPS) is 15.2. The van der Waals surface area contributed by atoms with E-state index in [1.54, 1.807) is 35.6 Å². The standard InChI is InChI=1S/C25H26FN5O3/c1-4-34-24(33)22-17(3)30(14-21(32)27-13-18-7-11-20(26)12-8-18)25-28-15-29-31(25)23(22)19-9-5-16(2)6-10-19/h5-12,15,23H,4,13-14H2,1-3H3,(H,27,32)/t23-/m0/s1. The highest BCUT2D eigenvalue weighted by atomic mass is 19.1. The summed E-state index contributed by atoms with van der Waals surface area (Å²) in [7, 11) is 0. The molecule has 176 valence electrons. The zero-order chi connectivity index (χ0) is 24.2. The molecule has 0 unspecified atom stereocenters. The van der Waals surface area contributed by atoms with Crippen LogP contribution in [0, 0.1) is 12.7 Å². The molecule has 9 heteroatoms.